The highest BCUT2D eigenvalue weighted by molar-refractivity contribution is 6.30. The van der Waals surface area contributed by atoms with Crippen molar-refractivity contribution in [3.8, 4) is 0 Å². The zero-order valence-corrected chi connectivity index (χ0v) is 12.4. The molecular weight excluding hydrogens is 263 g/mol. The first kappa shape index (κ1) is 14.8. The Morgan fingerprint density at radius 1 is 1.42 bits per heavy atom. The van der Waals surface area contributed by atoms with E-state index in [1.807, 2.05) is 6.07 Å². The average Bonchev–Trinajstić information content (AvgIpc) is 2.42. The molecule has 1 atom stereocenters. The maximum absolute atomic E-state index is 13.4. The van der Waals surface area contributed by atoms with E-state index in [2.05, 4.69) is 24.1 Å². The third-order valence-electron chi connectivity index (χ3n) is 3.96. The van der Waals surface area contributed by atoms with Gasteiger partial charge in [0.15, 0.2) is 0 Å². The molecule has 19 heavy (non-hydrogen) atoms. The molecule has 0 saturated carbocycles. The van der Waals surface area contributed by atoms with Crippen LogP contribution >= 0.6 is 11.6 Å². The van der Waals surface area contributed by atoms with Gasteiger partial charge in [-0.2, -0.15) is 0 Å². The number of rotatable bonds is 4. The quantitative estimate of drug-likeness (QED) is 0.908. The molecule has 1 aromatic rings. The van der Waals surface area contributed by atoms with Gasteiger partial charge in [0.1, 0.15) is 5.82 Å². The predicted octanol–water partition coefficient (Wildman–Crippen LogP) is 3.61. The molecule has 1 saturated heterocycles. The maximum Gasteiger partial charge on any atom is 0.142 e. The maximum atomic E-state index is 13.4. The summed E-state index contributed by atoms with van der Waals surface area (Å²) in [5, 5.41) is 3.78. The van der Waals surface area contributed by atoms with E-state index in [1.165, 1.54) is 6.07 Å². The van der Waals surface area contributed by atoms with E-state index < -0.39 is 0 Å². The van der Waals surface area contributed by atoms with Gasteiger partial charge < -0.3 is 10.2 Å². The van der Waals surface area contributed by atoms with Crippen molar-refractivity contribution >= 4 is 11.6 Å². The molecule has 1 aliphatic rings. The molecule has 1 N–H and O–H groups in total. The van der Waals surface area contributed by atoms with Crippen LogP contribution in [0, 0.1) is 5.82 Å². The summed E-state index contributed by atoms with van der Waals surface area (Å²) in [5.41, 5.74) is 0.958. The van der Waals surface area contributed by atoms with Crippen LogP contribution in [-0.2, 0) is 0 Å². The van der Waals surface area contributed by atoms with Gasteiger partial charge in [-0.1, -0.05) is 24.6 Å². The Hall–Kier alpha value is -0.640. The van der Waals surface area contributed by atoms with Crippen LogP contribution in [0.15, 0.2) is 18.2 Å². The molecule has 4 heteroatoms. The number of hydrogen-bond donors (Lipinski definition) is 1. The zero-order chi connectivity index (χ0) is 13.8. The number of nitrogens with zero attached hydrogens (tertiary/aromatic N) is 1. The van der Waals surface area contributed by atoms with E-state index in [0.29, 0.717) is 6.04 Å². The second-order valence-corrected chi connectivity index (χ2v) is 5.68. The molecule has 2 nitrogen and oxygen atoms in total. The van der Waals surface area contributed by atoms with Gasteiger partial charge in [-0.05, 0) is 57.1 Å². The van der Waals surface area contributed by atoms with Gasteiger partial charge >= 0.3 is 0 Å². The lowest BCUT2D eigenvalue weighted by Crippen LogP contribution is -2.43. The van der Waals surface area contributed by atoms with E-state index in [1.54, 1.807) is 6.07 Å². The molecule has 0 radical (unpaired) electrons. The molecule has 2 rings (SSSR count). The fourth-order valence-corrected chi connectivity index (χ4v) is 2.76. The normalized spacial score (nSPS) is 19.6. The summed E-state index contributed by atoms with van der Waals surface area (Å²) in [5.74, 6) is -0.339. The fourth-order valence-electron chi connectivity index (χ4n) is 2.65. The predicted molar refractivity (Wildman–Crippen MR) is 78.1 cm³/mol. The third-order valence-corrected chi connectivity index (χ3v) is 4.27. The van der Waals surface area contributed by atoms with Gasteiger partial charge in [-0.15, -0.1) is 0 Å². The lowest BCUT2D eigenvalue weighted by atomic mass is 10.0. The first-order chi connectivity index (χ1) is 9.10. The largest absolute Gasteiger partial charge is 0.307 e. The van der Waals surface area contributed by atoms with E-state index in [4.69, 9.17) is 11.6 Å². The van der Waals surface area contributed by atoms with Crippen LogP contribution in [0.2, 0.25) is 5.02 Å². The minimum absolute atomic E-state index is 0.157. The summed E-state index contributed by atoms with van der Waals surface area (Å²) in [4.78, 5) is 2.46. The van der Waals surface area contributed by atoms with Crippen molar-refractivity contribution < 1.29 is 4.39 Å². The smallest absolute Gasteiger partial charge is 0.142 e. The molecule has 1 aromatic carbocycles. The second kappa shape index (κ2) is 6.69. The van der Waals surface area contributed by atoms with Crippen molar-refractivity contribution in [2.24, 2.45) is 0 Å². The van der Waals surface area contributed by atoms with Crippen molar-refractivity contribution in [2.75, 3.05) is 19.6 Å². The molecule has 0 aliphatic carbocycles. The first-order valence-electron chi connectivity index (χ1n) is 7.03. The number of halogens is 2. The minimum atomic E-state index is -0.339. The van der Waals surface area contributed by atoms with Gasteiger partial charge in [0.05, 0.1) is 5.02 Å². The Balaban J connectivity index is 1.90. The summed E-state index contributed by atoms with van der Waals surface area (Å²) < 4.78 is 13.4. The first-order valence-corrected chi connectivity index (χ1v) is 7.41. The van der Waals surface area contributed by atoms with Crippen LogP contribution in [0.3, 0.4) is 0 Å². The van der Waals surface area contributed by atoms with Gasteiger partial charge in [0, 0.05) is 12.1 Å². The number of piperidine rings is 1. The molecule has 1 unspecified atom stereocenters. The van der Waals surface area contributed by atoms with Crippen molar-refractivity contribution in [3.05, 3.63) is 34.6 Å². The van der Waals surface area contributed by atoms with E-state index in [-0.39, 0.29) is 16.9 Å². The monoisotopic (exact) mass is 284 g/mol. The molecule has 1 fully saturated rings. The molecule has 0 amide bonds. The Morgan fingerprint density at radius 3 is 2.68 bits per heavy atom. The van der Waals surface area contributed by atoms with Crippen LogP contribution < -0.4 is 5.32 Å². The van der Waals surface area contributed by atoms with Gasteiger partial charge in [-0.3, -0.25) is 0 Å². The Labute approximate surface area is 119 Å². The van der Waals surface area contributed by atoms with Crippen LogP contribution in [0.25, 0.3) is 0 Å². The number of nitrogens with one attached hydrogen (secondary N) is 1. The molecular formula is C15H22ClFN2. The molecule has 0 spiro atoms. The van der Waals surface area contributed by atoms with E-state index in [0.717, 1.165) is 38.0 Å². The lowest BCUT2D eigenvalue weighted by molar-refractivity contribution is 0.200. The van der Waals surface area contributed by atoms with Crippen LogP contribution in [0.1, 0.15) is 38.3 Å². The highest BCUT2D eigenvalue weighted by Crippen LogP contribution is 2.21. The number of benzene rings is 1. The lowest BCUT2D eigenvalue weighted by Gasteiger charge is -2.33. The fraction of sp³-hybridized carbons (Fsp3) is 0.600. The summed E-state index contributed by atoms with van der Waals surface area (Å²) in [7, 11) is 0. The SMILES string of the molecule is CCN1CCC(NC(C)c2ccc(Cl)c(F)c2)CC1. The van der Waals surface area contributed by atoms with Crippen molar-refractivity contribution in [2.45, 2.75) is 38.8 Å². The highest BCUT2D eigenvalue weighted by atomic mass is 35.5. The van der Waals surface area contributed by atoms with Crippen LogP contribution in [0.4, 0.5) is 4.39 Å². The summed E-state index contributed by atoms with van der Waals surface area (Å²) >= 11 is 5.71. The summed E-state index contributed by atoms with van der Waals surface area (Å²) in [6, 6.07) is 5.73. The Bertz CT molecular complexity index is 417. The summed E-state index contributed by atoms with van der Waals surface area (Å²) in [6.45, 7) is 7.71. The number of likely N-dealkylation sites (tertiary alicyclic amines) is 1. The standard InChI is InChI=1S/C15H22ClFN2/c1-3-19-8-6-13(7-9-19)18-11(2)12-4-5-14(16)15(17)10-12/h4-5,10-11,13,18H,3,6-9H2,1-2H3. The molecule has 0 aromatic heterocycles. The minimum Gasteiger partial charge on any atom is -0.307 e. The number of hydrogen-bond acceptors (Lipinski definition) is 2. The van der Waals surface area contributed by atoms with Crippen LogP contribution in [-0.4, -0.2) is 30.6 Å². The molecule has 1 heterocycles. The molecule has 106 valence electrons. The Morgan fingerprint density at radius 2 is 2.11 bits per heavy atom. The van der Waals surface area contributed by atoms with Crippen molar-refractivity contribution in [1.29, 1.82) is 0 Å². The van der Waals surface area contributed by atoms with Crippen molar-refractivity contribution in [3.63, 3.8) is 0 Å². The topological polar surface area (TPSA) is 15.3 Å². The van der Waals surface area contributed by atoms with Gasteiger partial charge in [-0.25, -0.2) is 4.39 Å². The average molecular weight is 285 g/mol. The highest BCUT2D eigenvalue weighted by Gasteiger charge is 2.20. The van der Waals surface area contributed by atoms with Crippen LogP contribution in [0.5, 0.6) is 0 Å². The second-order valence-electron chi connectivity index (χ2n) is 5.27. The van der Waals surface area contributed by atoms with Crippen molar-refractivity contribution in [1.82, 2.24) is 10.2 Å². The van der Waals surface area contributed by atoms with E-state index >= 15 is 0 Å². The third kappa shape index (κ3) is 3.91. The molecule has 1 aliphatic heterocycles. The van der Waals surface area contributed by atoms with Gasteiger partial charge in [0.2, 0.25) is 0 Å². The zero-order valence-electron chi connectivity index (χ0n) is 11.6. The van der Waals surface area contributed by atoms with Gasteiger partial charge in [0.25, 0.3) is 0 Å². The van der Waals surface area contributed by atoms with E-state index in [9.17, 15) is 4.39 Å². The Kier molecular flexibility index (Phi) is 5.20. The molecule has 0 bridgehead atoms. The summed E-state index contributed by atoms with van der Waals surface area (Å²) in [6.07, 6.45) is 2.32.